The zero-order valence-corrected chi connectivity index (χ0v) is 11.5. The van der Waals surface area contributed by atoms with Crippen LogP contribution in [-0.4, -0.2) is 13.7 Å². The lowest BCUT2D eigenvalue weighted by atomic mass is 9.90. The molecule has 0 heterocycles. The van der Waals surface area contributed by atoms with E-state index in [2.05, 4.69) is 23.5 Å². The van der Waals surface area contributed by atoms with Crippen molar-refractivity contribution in [2.75, 3.05) is 13.7 Å². The molecule has 0 aliphatic heterocycles. The van der Waals surface area contributed by atoms with E-state index in [-0.39, 0.29) is 5.41 Å². The topological polar surface area (TPSA) is 45.0 Å². The van der Waals surface area contributed by atoms with Crippen molar-refractivity contribution >= 4 is 0 Å². The smallest absolute Gasteiger partial charge is 0.118 e. The first-order valence-corrected chi connectivity index (χ1v) is 6.32. The molecule has 0 aromatic heterocycles. The maximum absolute atomic E-state index is 8.90. The van der Waals surface area contributed by atoms with Gasteiger partial charge < -0.3 is 10.1 Å². The highest BCUT2D eigenvalue weighted by Crippen LogP contribution is 2.20. The van der Waals surface area contributed by atoms with Crippen molar-refractivity contribution in [1.29, 1.82) is 5.26 Å². The fourth-order valence-electron chi connectivity index (χ4n) is 1.69. The highest BCUT2D eigenvalue weighted by molar-refractivity contribution is 5.26. The first-order chi connectivity index (χ1) is 8.57. The van der Waals surface area contributed by atoms with Gasteiger partial charge in [-0.2, -0.15) is 5.26 Å². The summed E-state index contributed by atoms with van der Waals surface area (Å²) in [4.78, 5) is 0. The number of ether oxygens (including phenoxy) is 1. The molecular formula is C15H22N2O. The van der Waals surface area contributed by atoms with E-state index in [0.29, 0.717) is 0 Å². The molecule has 0 bridgehead atoms. The number of nitriles is 1. The van der Waals surface area contributed by atoms with E-state index in [0.717, 1.165) is 31.7 Å². The Morgan fingerprint density at radius 2 is 1.94 bits per heavy atom. The van der Waals surface area contributed by atoms with Crippen LogP contribution in [0.4, 0.5) is 0 Å². The van der Waals surface area contributed by atoms with Crippen LogP contribution >= 0.6 is 0 Å². The van der Waals surface area contributed by atoms with Crippen LogP contribution in [0.5, 0.6) is 5.75 Å². The second-order valence-electron chi connectivity index (χ2n) is 5.12. The molecule has 0 spiro atoms. The van der Waals surface area contributed by atoms with Gasteiger partial charge in [-0.15, -0.1) is 0 Å². The molecule has 0 aliphatic carbocycles. The summed E-state index contributed by atoms with van der Waals surface area (Å²) >= 11 is 0. The number of methoxy groups -OCH3 is 1. The largest absolute Gasteiger partial charge is 0.497 e. The van der Waals surface area contributed by atoms with Crippen LogP contribution in [0.25, 0.3) is 0 Å². The summed E-state index contributed by atoms with van der Waals surface area (Å²) in [5.74, 6) is 0.884. The van der Waals surface area contributed by atoms with E-state index in [9.17, 15) is 0 Å². The predicted octanol–water partition coefficient (Wildman–Crippen LogP) is 3.11. The Morgan fingerprint density at radius 1 is 1.28 bits per heavy atom. The Labute approximate surface area is 110 Å². The quantitative estimate of drug-likeness (QED) is 0.752. The van der Waals surface area contributed by atoms with Crippen molar-refractivity contribution in [2.45, 2.75) is 33.2 Å². The van der Waals surface area contributed by atoms with Gasteiger partial charge in [-0.05, 0) is 50.9 Å². The van der Waals surface area contributed by atoms with Crippen LogP contribution in [-0.2, 0) is 6.54 Å². The third-order valence-corrected chi connectivity index (χ3v) is 2.95. The van der Waals surface area contributed by atoms with Gasteiger partial charge in [-0.1, -0.05) is 12.1 Å². The second-order valence-corrected chi connectivity index (χ2v) is 5.12. The van der Waals surface area contributed by atoms with Gasteiger partial charge in [0.1, 0.15) is 5.75 Å². The predicted molar refractivity (Wildman–Crippen MR) is 73.3 cm³/mol. The van der Waals surface area contributed by atoms with Crippen LogP contribution < -0.4 is 10.1 Å². The zero-order chi connectivity index (χ0) is 13.4. The molecule has 0 saturated carbocycles. The van der Waals surface area contributed by atoms with Gasteiger partial charge in [0.25, 0.3) is 0 Å². The summed E-state index contributed by atoms with van der Waals surface area (Å²) in [5.41, 5.74) is 1.04. The fraction of sp³-hybridized carbons (Fsp3) is 0.533. The van der Waals surface area contributed by atoms with E-state index in [4.69, 9.17) is 10.00 Å². The molecular weight excluding hydrogens is 224 g/mol. The van der Waals surface area contributed by atoms with Gasteiger partial charge in [0.05, 0.1) is 18.6 Å². The molecule has 1 N–H and O–H groups in total. The van der Waals surface area contributed by atoms with Gasteiger partial charge in [0, 0.05) is 6.54 Å². The average Bonchev–Trinajstić information content (AvgIpc) is 2.39. The molecule has 0 fully saturated rings. The standard InChI is InChI=1S/C15H22N2O/c1-15(2,12-16)9-4-10-17-11-13-5-7-14(18-3)8-6-13/h5-8,17H,4,9-11H2,1-3H3. The molecule has 0 atom stereocenters. The lowest BCUT2D eigenvalue weighted by Crippen LogP contribution is -2.17. The number of rotatable bonds is 7. The number of hydrogen-bond donors (Lipinski definition) is 1. The van der Waals surface area contributed by atoms with Crippen molar-refractivity contribution in [1.82, 2.24) is 5.32 Å². The lowest BCUT2D eigenvalue weighted by molar-refractivity contribution is 0.414. The molecule has 0 unspecified atom stereocenters. The molecule has 1 rings (SSSR count). The maximum Gasteiger partial charge on any atom is 0.118 e. The van der Waals surface area contributed by atoms with Crippen LogP contribution in [0.2, 0.25) is 0 Å². The van der Waals surface area contributed by atoms with Crippen LogP contribution in [0.3, 0.4) is 0 Å². The van der Waals surface area contributed by atoms with Crippen LogP contribution in [0, 0.1) is 16.7 Å². The third-order valence-electron chi connectivity index (χ3n) is 2.95. The molecule has 3 heteroatoms. The molecule has 18 heavy (non-hydrogen) atoms. The van der Waals surface area contributed by atoms with Crippen molar-refractivity contribution in [2.24, 2.45) is 5.41 Å². The van der Waals surface area contributed by atoms with E-state index in [1.165, 1.54) is 5.56 Å². The summed E-state index contributed by atoms with van der Waals surface area (Å²) < 4.78 is 5.11. The molecule has 0 saturated heterocycles. The second kappa shape index (κ2) is 7.03. The SMILES string of the molecule is COc1ccc(CNCCCC(C)(C)C#N)cc1. The van der Waals surface area contributed by atoms with Gasteiger partial charge in [0.15, 0.2) is 0 Å². The van der Waals surface area contributed by atoms with Crippen LogP contribution in [0.15, 0.2) is 24.3 Å². The Hall–Kier alpha value is -1.53. The molecule has 3 nitrogen and oxygen atoms in total. The number of nitrogens with zero attached hydrogens (tertiary/aromatic N) is 1. The summed E-state index contributed by atoms with van der Waals surface area (Å²) in [5, 5.41) is 12.3. The van der Waals surface area contributed by atoms with E-state index in [1.54, 1.807) is 7.11 Å². The van der Waals surface area contributed by atoms with Crippen molar-refractivity contribution in [3.63, 3.8) is 0 Å². The minimum absolute atomic E-state index is 0.207. The van der Waals surface area contributed by atoms with Crippen molar-refractivity contribution in [3.8, 4) is 11.8 Å². The van der Waals surface area contributed by atoms with E-state index < -0.39 is 0 Å². The Kier molecular flexibility index (Phi) is 5.67. The Bertz CT molecular complexity index is 390. The van der Waals surface area contributed by atoms with E-state index in [1.807, 2.05) is 26.0 Å². The minimum Gasteiger partial charge on any atom is -0.497 e. The van der Waals surface area contributed by atoms with Gasteiger partial charge in [-0.25, -0.2) is 0 Å². The normalized spacial score (nSPS) is 11.0. The van der Waals surface area contributed by atoms with Crippen LogP contribution in [0.1, 0.15) is 32.3 Å². The molecule has 0 amide bonds. The van der Waals surface area contributed by atoms with Crippen molar-refractivity contribution in [3.05, 3.63) is 29.8 Å². The summed E-state index contributed by atoms with van der Waals surface area (Å²) in [6.45, 7) is 5.76. The number of benzene rings is 1. The average molecular weight is 246 g/mol. The summed E-state index contributed by atoms with van der Waals surface area (Å²) in [7, 11) is 1.67. The number of nitrogens with one attached hydrogen (secondary N) is 1. The molecule has 1 aromatic carbocycles. The van der Waals surface area contributed by atoms with Gasteiger partial charge in [0.2, 0.25) is 0 Å². The lowest BCUT2D eigenvalue weighted by Gasteiger charge is -2.14. The van der Waals surface area contributed by atoms with Gasteiger partial charge >= 0.3 is 0 Å². The fourth-order valence-corrected chi connectivity index (χ4v) is 1.69. The third kappa shape index (κ3) is 5.20. The first kappa shape index (κ1) is 14.5. The molecule has 0 aliphatic rings. The Morgan fingerprint density at radius 3 is 2.50 bits per heavy atom. The highest BCUT2D eigenvalue weighted by Gasteiger charge is 2.15. The van der Waals surface area contributed by atoms with E-state index >= 15 is 0 Å². The monoisotopic (exact) mass is 246 g/mol. The molecule has 0 radical (unpaired) electrons. The number of hydrogen-bond acceptors (Lipinski definition) is 3. The zero-order valence-electron chi connectivity index (χ0n) is 11.5. The van der Waals surface area contributed by atoms with Crippen molar-refractivity contribution < 1.29 is 4.74 Å². The summed E-state index contributed by atoms with van der Waals surface area (Å²) in [6.07, 6.45) is 1.95. The maximum atomic E-state index is 8.90. The Balaban J connectivity index is 2.20. The van der Waals surface area contributed by atoms with Gasteiger partial charge in [-0.3, -0.25) is 0 Å². The molecule has 1 aromatic rings. The minimum atomic E-state index is -0.207. The summed E-state index contributed by atoms with van der Waals surface area (Å²) in [6, 6.07) is 10.4. The molecule has 98 valence electrons. The first-order valence-electron chi connectivity index (χ1n) is 6.32. The highest BCUT2D eigenvalue weighted by atomic mass is 16.5.